The van der Waals surface area contributed by atoms with E-state index in [-0.39, 0.29) is 0 Å². The Balaban J connectivity index is 2.02. The van der Waals surface area contributed by atoms with E-state index in [0.29, 0.717) is 0 Å². The van der Waals surface area contributed by atoms with Gasteiger partial charge in [0, 0.05) is 12.0 Å². The lowest BCUT2D eigenvalue weighted by atomic mass is 9.83. The van der Waals surface area contributed by atoms with Gasteiger partial charge >= 0.3 is 10.4 Å². The molecule has 0 aromatic carbocycles. The number of ether oxygens (including phenoxy) is 3. The Hall–Kier alpha value is -0.940. The highest BCUT2D eigenvalue weighted by Crippen LogP contribution is 2.44. The predicted molar refractivity (Wildman–Crippen MR) is 66.2 cm³/mol. The Labute approximate surface area is 121 Å². The molecule has 6 atom stereocenters. The van der Waals surface area contributed by atoms with Crippen LogP contribution in [0.1, 0.15) is 13.8 Å². The third-order valence-electron chi connectivity index (χ3n) is 3.72. The van der Waals surface area contributed by atoms with E-state index in [1.165, 1.54) is 7.11 Å². The molecule has 0 bridgehead atoms. The summed E-state index contributed by atoms with van der Waals surface area (Å²) in [6, 6.07) is -0.893. The molecule has 1 aliphatic carbocycles. The van der Waals surface area contributed by atoms with Gasteiger partial charge in [-0.2, -0.15) is 8.42 Å². The molecule has 0 radical (unpaired) electrons. The van der Waals surface area contributed by atoms with Crippen LogP contribution in [0.5, 0.6) is 0 Å². The van der Waals surface area contributed by atoms with Crippen molar-refractivity contribution in [1.82, 2.24) is 0 Å². The minimum atomic E-state index is -4.16. The summed E-state index contributed by atoms with van der Waals surface area (Å²) >= 11 is 0. The Morgan fingerprint density at radius 2 is 1.76 bits per heavy atom. The van der Waals surface area contributed by atoms with Crippen LogP contribution in [-0.4, -0.2) is 57.9 Å². The lowest BCUT2D eigenvalue weighted by Crippen LogP contribution is -2.61. The first kappa shape index (κ1) is 15.0. The summed E-state index contributed by atoms with van der Waals surface area (Å²) in [6.45, 7) is 3.42. The largest absolute Gasteiger partial charge is 0.400 e. The maximum absolute atomic E-state index is 11.5. The zero-order valence-corrected chi connectivity index (χ0v) is 12.4. The molecule has 1 saturated carbocycles. The highest BCUT2D eigenvalue weighted by molar-refractivity contribution is 7.82. The summed E-state index contributed by atoms with van der Waals surface area (Å²) in [6.07, 6.45) is -3.98. The molecule has 0 aromatic rings. The van der Waals surface area contributed by atoms with Gasteiger partial charge in [-0.1, -0.05) is 5.11 Å². The molecule has 2 saturated heterocycles. The first-order valence-corrected chi connectivity index (χ1v) is 7.65. The van der Waals surface area contributed by atoms with E-state index in [1.807, 2.05) is 0 Å². The molecule has 11 heteroatoms. The summed E-state index contributed by atoms with van der Waals surface area (Å²) in [5, 5.41) is 3.62. The van der Waals surface area contributed by atoms with Crippen molar-refractivity contribution in [2.45, 2.75) is 56.2 Å². The van der Waals surface area contributed by atoms with Crippen LogP contribution in [0.3, 0.4) is 0 Å². The van der Waals surface area contributed by atoms with Crippen molar-refractivity contribution >= 4 is 10.4 Å². The molecular formula is C10H15N3O7S. The smallest absolute Gasteiger partial charge is 0.376 e. The van der Waals surface area contributed by atoms with E-state index in [9.17, 15) is 8.42 Å². The van der Waals surface area contributed by atoms with Crippen LogP contribution in [0.15, 0.2) is 5.11 Å². The van der Waals surface area contributed by atoms with E-state index in [2.05, 4.69) is 10.0 Å². The minimum Gasteiger partial charge on any atom is -0.376 e. The van der Waals surface area contributed by atoms with Crippen LogP contribution in [0.25, 0.3) is 10.4 Å². The van der Waals surface area contributed by atoms with Gasteiger partial charge in [-0.3, -0.25) is 0 Å². The number of hydrogen-bond donors (Lipinski definition) is 0. The van der Waals surface area contributed by atoms with Gasteiger partial charge in [-0.15, -0.1) is 0 Å². The number of rotatable bonds is 2. The molecule has 0 amide bonds. The molecule has 2 heterocycles. The predicted octanol–water partition coefficient (Wildman–Crippen LogP) is 0.243. The molecule has 21 heavy (non-hydrogen) atoms. The highest BCUT2D eigenvalue weighted by Gasteiger charge is 2.63. The Bertz CT molecular complexity index is 587. The van der Waals surface area contributed by atoms with Crippen LogP contribution < -0.4 is 0 Å². The first-order valence-electron chi connectivity index (χ1n) is 6.32. The van der Waals surface area contributed by atoms with Crippen molar-refractivity contribution in [3.05, 3.63) is 10.4 Å². The second kappa shape index (κ2) is 4.78. The molecule has 2 aliphatic heterocycles. The van der Waals surface area contributed by atoms with E-state index in [1.54, 1.807) is 13.8 Å². The molecule has 10 nitrogen and oxygen atoms in total. The molecule has 3 rings (SSSR count). The second-order valence-corrected chi connectivity index (χ2v) is 6.69. The van der Waals surface area contributed by atoms with Crippen molar-refractivity contribution in [2.75, 3.05) is 7.11 Å². The average molecular weight is 321 g/mol. The van der Waals surface area contributed by atoms with E-state index < -0.39 is 52.7 Å². The van der Waals surface area contributed by atoms with E-state index >= 15 is 0 Å². The average Bonchev–Trinajstić information content (AvgIpc) is 2.84. The summed E-state index contributed by atoms with van der Waals surface area (Å²) < 4.78 is 49.7. The fourth-order valence-corrected chi connectivity index (χ4v) is 4.10. The standard InChI is InChI=1S/C10H15N3O7S/c1-10(2)17-5-4(12-13-11)6-9(20-21(14,15)19-6)7(16-3)8(5)18-10/h4-9H,1-3H3/t4-,5-,6-,7+,8-,9+/m0/s1. The fraction of sp³-hybridized carbons (Fsp3) is 1.00. The number of nitrogens with zero attached hydrogens (tertiary/aromatic N) is 3. The van der Waals surface area contributed by atoms with E-state index in [0.717, 1.165) is 0 Å². The molecule has 3 fully saturated rings. The van der Waals surface area contributed by atoms with Crippen LogP contribution in [0.2, 0.25) is 0 Å². The van der Waals surface area contributed by atoms with Crippen molar-refractivity contribution < 1.29 is 31.0 Å². The quantitative estimate of drug-likeness (QED) is 0.404. The molecule has 0 N–H and O–H groups in total. The third kappa shape index (κ3) is 2.40. The monoisotopic (exact) mass is 321 g/mol. The first-order chi connectivity index (χ1) is 9.78. The van der Waals surface area contributed by atoms with Crippen LogP contribution >= 0.6 is 0 Å². The van der Waals surface area contributed by atoms with Gasteiger partial charge in [0.1, 0.15) is 30.5 Å². The van der Waals surface area contributed by atoms with Crippen molar-refractivity contribution in [2.24, 2.45) is 5.11 Å². The Morgan fingerprint density at radius 3 is 2.38 bits per heavy atom. The molecule has 0 unspecified atom stereocenters. The van der Waals surface area contributed by atoms with E-state index in [4.69, 9.17) is 28.1 Å². The molecular weight excluding hydrogens is 306 g/mol. The van der Waals surface area contributed by atoms with Gasteiger partial charge in [0.15, 0.2) is 5.79 Å². The van der Waals surface area contributed by atoms with Gasteiger partial charge in [0.25, 0.3) is 0 Å². The van der Waals surface area contributed by atoms with Crippen LogP contribution in [0, 0.1) is 0 Å². The lowest BCUT2D eigenvalue weighted by molar-refractivity contribution is -0.162. The topological polar surface area (TPSA) is 129 Å². The van der Waals surface area contributed by atoms with Gasteiger partial charge in [0.2, 0.25) is 0 Å². The van der Waals surface area contributed by atoms with Crippen molar-refractivity contribution in [1.29, 1.82) is 0 Å². The Kier molecular flexibility index (Phi) is 3.41. The summed E-state index contributed by atoms with van der Waals surface area (Å²) in [5.41, 5.74) is 8.73. The van der Waals surface area contributed by atoms with Crippen LogP contribution in [-0.2, 0) is 33.0 Å². The number of azide groups is 1. The number of methoxy groups -OCH3 is 1. The number of hydrogen-bond acceptors (Lipinski definition) is 8. The highest BCUT2D eigenvalue weighted by atomic mass is 32.3. The summed E-state index contributed by atoms with van der Waals surface area (Å²) in [5.74, 6) is -0.910. The van der Waals surface area contributed by atoms with Gasteiger partial charge < -0.3 is 14.2 Å². The maximum Gasteiger partial charge on any atom is 0.400 e. The van der Waals surface area contributed by atoms with Gasteiger partial charge in [-0.25, -0.2) is 8.37 Å². The molecule has 0 aromatic heterocycles. The Morgan fingerprint density at radius 1 is 1.14 bits per heavy atom. The minimum absolute atomic E-state index is 0.626. The lowest BCUT2D eigenvalue weighted by Gasteiger charge is -2.39. The second-order valence-electron chi connectivity index (χ2n) is 5.49. The fourth-order valence-electron chi connectivity index (χ4n) is 3.07. The number of fused-ring (bicyclic) bond motifs is 2. The normalized spacial score (nSPS) is 46.4. The zero-order chi connectivity index (χ0) is 15.4. The summed E-state index contributed by atoms with van der Waals surface area (Å²) in [4.78, 5) is 2.74. The molecule has 118 valence electrons. The maximum atomic E-state index is 11.5. The third-order valence-corrected chi connectivity index (χ3v) is 4.64. The van der Waals surface area contributed by atoms with Crippen LogP contribution in [0.4, 0.5) is 0 Å². The molecule has 0 spiro atoms. The van der Waals surface area contributed by atoms with Gasteiger partial charge in [-0.05, 0) is 19.4 Å². The van der Waals surface area contributed by atoms with Crippen molar-refractivity contribution in [3.8, 4) is 0 Å². The summed E-state index contributed by atoms with van der Waals surface area (Å²) in [7, 11) is -2.74. The van der Waals surface area contributed by atoms with Gasteiger partial charge in [0.05, 0.1) is 6.04 Å². The van der Waals surface area contributed by atoms with Crippen molar-refractivity contribution in [3.63, 3.8) is 0 Å². The molecule has 3 aliphatic rings. The zero-order valence-electron chi connectivity index (χ0n) is 11.6. The SMILES string of the molecule is CO[C@@H]1[C@H]2OC(C)(C)O[C@H]2[C@H](N=[N+]=[N-])[C@@H]2OS(=O)(=O)O[C@@H]12.